The number of nitrogens with zero attached hydrogens (tertiary/aromatic N) is 1. The topological polar surface area (TPSA) is 74.8 Å². The largest absolute Gasteiger partial charge is 0.493 e. The van der Waals surface area contributed by atoms with Crippen molar-refractivity contribution in [3.63, 3.8) is 0 Å². The number of hydrogen-bond acceptors (Lipinski definition) is 3. The molecule has 0 aliphatic heterocycles. The van der Waals surface area contributed by atoms with Crippen molar-refractivity contribution in [1.82, 2.24) is 16.0 Å². The van der Waals surface area contributed by atoms with E-state index in [4.69, 9.17) is 4.74 Å². The number of nitrogens with one attached hydrogen (secondary N) is 3. The second-order valence-electron chi connectivity index (χ2n) is 6.96. The summed E-state index contributed by atoms with van der Waals surface area (Å²) in [6.45, 7) is 8.58. The van der Waals surface area contributed by atoms with E-state index in [1.165, 1.54) is 12.8 Å². The first-order valence-electron chi connectivity index (χ1n) is 9.60. The minimum Gasteiger partial charge on any atom is -0.493 e. The Balaban J connectivity index is 1.86. The van der Waals surface area contributed by atoms with Gasteiger partial charge in [-0.05, 0) is 45.6 Å². The van der Waals surface area contributed by atoms with Crippen LogP contribution in [0.4, 0.5) is 0 Å². The number of hydrogen-bond donors (Lipinski definition) is 3. The third-order valence-corrected chi connectivity index (χ3v) is 3.99. The fourth-order valence-corrected chi connectivity index (χ4v) is 2.46. The van der Waals surface area contributed by atoms with Gasteiger partial charge in [0.1, 0.15) is 5.75 Å². The maximum Gasteiger partial charge on any atom is 0.221 e. The van der Waals surface area contributed by atoms with Gasteiger partial charge in [-0.15, -0.1) is 0 Å². The van der Waals surface area contributed by atoms with Crippen LogP contribution in [-0.4, -0.2) is 37.6 Å². The Morgan fingerprint density at radius 1 is 1.27 bits per heavy atom. The van der Waals surface area contributed by atoms with Gasteiger partial charge in [0, 0.05) is 31.1 Å². The summed E-state index contributed by atoms with van der Waals surface area (Å²) in [6.07, 6.45) is 2.97. The molecule has 3 N–H and O–H groups in total. The Labute approximate surface area is 156 Å². The number of aliphatic imine (C=N–C) groups is 1. The predicted octanol–water partition coefficient (Wildman–Crippen LogP) is 2.45. The lowest BCUT2D eigenvalue weighted by atomic mass is 10.2. The maximum atomic E-state index is 11.7. The van der Waals surface area contributed by atoms with Crippen molar-refractivity contribution in [1.29, 1.82) is 0 Å². The molecule has 1 aromatic carbocycles. The average molecular weight is 361 g/mol. The van der Waals surface area contributed by atoms with Crippen LogP contribution in [0.15, 0.2) is 29.3 Å². The molecular formula is C20H32N4O2. The van der Waals surface area contributed by atoms with Gasteiger partial charge in [-0.1, -0.05) is 18.2 Å². The molecule has 6 heteroatoms. The van der Waals surface area contributed by atoms with Crippen molar-refractivity contribution < 1.29 is 9.53 Å². The van der Waals surface area contributed by atoms with Crippen molar-refractivity contribution in [3.05, 3.63) is 29.8 Å². The summed E-state index contributed by atoms with van der Waals surface area (Å²) in [7, 11) is 0. The van der Waals surface area contributed by atoms with Gasteiger partial charge in [0.25, 0.3) is 0 Å². The Morgan fingerprint density at radius 3 is 2.73 bits per heavy atom. The van der Waals surface area contributed by atoms with Gasteiger partial charge in [-0.2, -0.15) is 0 Å². The third-order valence-electron chi connectivity index (χ3n) is 3.99. The van der Waals surface area contributed by atoms with E-state index in [2.05, 4.69) is 20.9 Å². The number of carbonyl (C=O) groups excluding carboxylic acids is 1. The monoisotopic (exact) mass is 360 g/mol. The number of benzene rings is 1. The molecule has 2 rings (SSSR count). The van der Waals surface area contributed by atoms with Gasteiger partial charge in [-0.3, -0.25) is 4.79 Å². The lowest BCUT2D eigenvalue weighted by Crippen LogP contribution is -2.40. The summed E-state index contributed by atoms with van der Waals surface area (Å²) >= 11 is 0. The highest BCUT2D eigenvalue weighted by Crippen LogP contribution is 2.30. The number of guanidine groups is 1. The van der Waals surface area contributed by atoms with Crippen molar-refractivity contribution in [2.75, 3.05) is 19.7 Å². The first-order valence-corrected chi connectivity index (χ1v) is 9.60. The van der Waals surface area contributed by atoms with Gasteiger partial charge >= 0.3 is 0 Å². The van der Waals surface area contributed by atoms with Crippen molar-refractivity contribution in [3.8, 4) is 5.75 Å². The fourth-order valence-electron chi connectivity index (χ4n) is 2.46. The summed E-state index contributed by atoms with van der Waals surface area (Å²) in [5, 5.41) is 9.31. The van der Waals surface area contributed by atoms with E-state index >= 15 is 0 Å². The molecule has 0 saturated heterocycles. The minimum atomic E-state index is 0.0437. The number of amides is 1. The molecule has 1 saturated carbocycles. The smallest absolute Gasteiger partial charge is 0.221 e. The maximum absolute atomic E-state index is 11.7. The van der Waals surface area contributed by atoms with Crippen molar-refractivity contribution in [2.45, 2.75) is 52.6 Å². The quantitative estimate of drug-likeness (QED) is 0.443. The van der Waals surface area contributed by atoms with Crippen LogP contribution >= 0.6 is 0 Å². The summed E-state index contributed by atoms with van der Waals surface area (Å²) in [4.78, 5) is 16.3. The Bertz CT molecular complexity index is 597. The van der Waals surface area contributed by atoms with E-state index in [0.717, 1.165) is 30.4 Å². The number of carbonyl (C=O) groups is 1. The van der Waals surface area contributed by atoms with Crippen LogP contribution in [-0.2, 0) is 11.3 Å². The molecule has 0 aromatic heterocycles. The van der Waals surface area contributed by atoms with Crippen LogP contribution in [0.1, 0.15) is 45.6 Å². The molecule has 0 unspecified atom stereocenters. The van der Waals surface area contributed by atoms with Gasteiger partial charge in [0.2, 0.25) is 5.91 Å². The van der Waals surface area contributed by atoms with Crippen LogP contribution < -0.4 is 20.7 Å². The molecule has 0 spiro atoms. The van der Waals surface area contributed by atoms with E-state index in [1.807, 2.05) is 45.0 Å². The zero-order valence-electron chi connectivity index (χ0n) is 16.2. The molecule has 6 nitrogen and oxygen atoms in total. The first-order chi connectivity index (χ1) is 12.6. The molecule has 0 atom stereocenters. The summed E-state index contributed by atoms with van der Waals surface area (Å²) < 4.78 is 5.94. The highest BCUT2D eigenvalue weighted by molar-refractivity contribution is 5.81. The van der Waals surface area contributed by atoms with Gasteiger partial charge in [0.15, 0.2) is 5.96 Å². The molecule has 1 aromatic rings. The normalized spacial score (nSPS) is 14.2. The zero-order valence-corrected chi connectivity index (χ0v) is 16.2. The number of ether oxygens (including phenoxy) is 1. The predicted molar refractivity (Wildman–Crippen MR) is 105 cm³/mol. The lowest BCUT2D eigenvalue weighted by molar-refractivity contribution is -0.121. The van der Waals surface area contributed by atoms with E-state index in [0.29, 0.717) is 25.5 Å². The van der Waals surface area contributed by atoms with Crippen LogP contribution in [0.5, 0.6) is 5.75 Å². The van der Waals surface area contributed by atoms with E-state index in [1.54, 1.807) is 0 Å². The van der Waals surface area contributed by atoms with Crippen molar-refractivity contribution >= 4 is 11.9 Å². The van der Waals surface area contributed by atoms with Gasteiger partial charge in [0.05, 0.1) is 13.2 Å². The first kappa shape index (κ1) is 20.1. The second-order valence-corrected chi connectivity index (χ2v) is 6.96. The van der Waals surface area contributed by atoms with Crippen LogP contribution in [0.2, 0.25) is 0 Å². The van der Waals surface area contributed by atoms with Crippen LogP contribution in [0, 0.1) is 5.92 Å². The highest BCUT2D eigenvalue weighted by Gasteiger charge is 2.22. The second kappa shape index (κ2) is 10.7. The molecule has 1 aliphatic rings. The lowest BCUT2D eigenvalue weighted by Gasteiger charge is -2.13. The molecular weight excluding hydrogens is 328 g/mol. The Hall–Kier alpha value is -2.24. The molecule has 1 fully saturated rings. The molecule has 26 heavy (non-hydrogen) atoms. The Kier molecular flexibility index (Phi) is 8.25. The van der Waals surface area contributed by atoms with Crippen LogP contribution in [0.25, 0.3) is 0 Å². The molecule has 1 amide bonds. The standard InChI is InChI=1S/C20H32N4O2/c1-4-21-20(22-12-11-19(25)24-15(2)3)23-13-17-7-5-6-8-18(17)26-14-16-9-10-16/h5-8,15-16H,4,9-14H2,1-3H3,(H,24,25)(H2,21,22,23). The molecule has 0 radical (unpaired) electrons. The molecule has 0 bridgehead atoms. The van der Waals surface area contributed by atoms with Gasteiger partial charge < -0.3 is 20.7 Å². The van der Waals surface area contributed by atoms with Crippen LogP contribution in [0.3, 0.4) is 0 Å². The van der Waals surface area contributed by atoms with Crippen molar-refractivity contribution in [2.24, 2.45) is 10.9 Å². The molecule has 144 valence electrons. The zero-order chi connectivity index (χ0) is 18.8. The number of rotatable bonds is 10. The minimum absolute atomic E-state index is 0.0437. The summed E-state index contributed by atoms with van der Waals surface area (Å²) in [5.74, 6) is 2.39. The fraction of sp³-hybridized carbons (Fsp3) is 0.600. The summed E-state index contributed by atoms with van der Waals surface area (Å²) in [5.41, 5.74) is 1.07. The third kappa shape index (κ3) is 7.76. The molecule has 0 heterocycles. The number of para-hydroxylation sites is 1. The average Bonchev–Trinajstić information content (AvgIpc) is 3.42. The molecule has 1 aliphatic carbocycles. The SMILES string of the molecule is CCNC(=NCc1ccccc1OCC1CC1)NCCC(=O)NC(C)C. The Morgan fingerprint density at radius 2 is 2.04 bits per heavy atom. The van der Waals surface area contributed by atoms with E-state index in [-0.39, 0.29) is 11.9 Å². The summed E-state index contributed by atoms with van der Waals surface area (Å²) in [6, 6.07) is 8.21. The highest BCUT2D eigenvalue weighted by atomic mass is 16.5. The van der Waals surface area contributed by atoms with E-state index < -0.39 is 0 Å². The van der Waals surface area contributed by atoms with E-state index in [9.17, 15) is 4.79 Å². The van der Waals surface area contributed by atoms with Gasteiger partial charge in [-0.25, -0.2) is 4.99 Å².